The van der Waals surface area contributed by atoms with Crippen LogP contribution in [0.25, 0.3) is 17.5 Å². The second-order valence-corrected chi connectivity index (χ2v) is 10.4. The van der Waals surface area contributed by atoms with E-state index in [4.69, 9.17) is 15.2 Å². The summed E-state index contributed by atoms with van der Waals surface area (Å²) in [4.78, 5) is 39.8. The van der Waals surface area contributed by atoms with Gasteiger partial charge in [0.15, 0.2) is 0 Å². The van der Waals surface area contributed by atoms with Crippen LogP contribution in [-0.4, -0.2) is 30.2 Å². The van der Waals surface area contributed by atoms with Crippen LogP contribution < -0.4 is 20.5 Å². The quantitative estimate of drug-likeness (QED) is 0.441. The van der Waals surface area contributed by atoms with E-state index in [1.165, 1.54) is 11.7 Å². The highest BCUT2D eigenvalue weighted by Gasteiger charge is 2.39. The number of thiazole rings is 1. The Morgan fingerprint density at radius 2 is 1.77 bits per heavy atom. The number of carbonyl (C=O) groups excluding carboxylic acids is 2. The van der Waals surface area contributed by atoms with E-state index in [0.717, 1.165) is 25.8 Å². The van der Waals surface area contributed by atoms with E-state index < -0.39 is 23.4 Å². The maximum atomic E-state index is 13.5. The number of hydrogen-bond acceptors (Lipinski definition) is 7. The average Bonchev–Trinajstić information content (AvgIpc) is 3.14. The molecule has 1 aliphatic heterocycles. The van der Waals surface area contributed by atoms with Crippen LogP contribution in [0, 0.1) is 0 Å². The lowest BCUT2D eigenvalue weighted by molar-refractivity contribution is -0.138. The van der Waals surface area contributed by atoms with Gasteiger partial charge in [-0.15, -0.1) is 11.3 Å². The fourth-order valence-electron chi connectivity index (χ4n) is 3.93. The smallest absolute Gasteiger partial charge is 0.338 e. The van der Waals surface area contributed by atoms with Gasteiger partial charge in [-0.2, -0.15) is 0 Å². The molecule has 0 radical (unpaired) electrons. The summed E-state index contributed by atoms with van der Waals surface area (Å²) in [5, 5.41) is 0. The van der Waals surface area contributed by atoms with Crippen molar-refractivity contribution in [2.45, 2.75) is 12.8 Å². The fourth-order valence-corrected chi connectivity index (χ4v) is 5.93. The summed E-state index contributed by atoms with van der Waals surface area (Å²) < 4.78 is 13.8. The molecule has 0 saturated heterocycles. The zero-order valence-electron chi connectivity index (χ0n) is 18.7. The van der Waals surface area contributed by atoms with E-state index >= 15 is 0 Å². The number of carbonyl (C=O) groups is 2. The molecule has 2 N–H and O–H groups in total. The standard InChI is InChI=1S/C25H20Br2N2O5S/c1-3-34-25(32)19-18(14-7-5-9-16(27)12-14)20(24(31)33-2)23-29(21(19)28)22(30)17(35-23)11-13-6-4-8-15(26)10-13/h4-12,18H,3,28H2,1-2H3/t18-/m1/s1. The van der Waals surface area contributed by atoms with Gasteiger partial charge < -0.3 is 15.2 Å². The average molecular weight is 620 g/mol. The van der Waals surface area contributed by atoms with Crippen LogP contribution in [0.3, 0.4) is 0 Å². The first-order valence-electron chi connectivity index (χ1n) is 10.5. The van der Waals surface area contributed by atoms with E-state index in [2.05, 4.69) is 31.9 Å². The van der Waals surface area contributed by atoms with Gasteiger partial charge in [0.2, 0.25) is 0 Å². The van der Waals surface area contributed by atoms with Gasteiger partial charge in [0.25, 0.3) is 5.56 Å². The van der Waals surface area contributed by atoms with Gasteiger partial charge in [0.05, 0.1) is 35.3 Å². The highest BCUT2D eigenvalue weighted by Crippen LogP contribution is 2.38. The van der Waals surface area contributed by atoms with Gasteiger partial charge in [-0.05, 0) is 48.4 Å². The lowest BCUT2D eigenvalue weighted by atomic mass is 9.83. The summed E-state index contributed by atoms with van der Waals surface area (Å²) in [6, 6.07) is 14.6. The van der Waals surface area contributed by atoms with Crippen molar-refractivity contribution in [2.75, 3.05) is 13.7 Å². The normalized spacial score (nSPS) is 15.7. The zero-order valence-corrected chi connectivity index (χ0v) is 22.7. The largest absolute Gasteiger partial charge is 0.466 e. The maximum absolute atomic E-state index is 13.5. The van der Waals surface area contributed by atoms with Gasteiger partial charge in [0.1, 0.15) is 10.5 Å². The summed E-state index contributed by atoms with van der Waals surface area (Å²) in [6.07, 6.45) is 1.71. The molecule has 10 heteroatoms. The number of aromatic nitrogens is 1. The first-order chi connectivity index (χ1) is 16.8. The highest BCUT2D eigenvalue weighted by molar-refractivity contribution is 9.10. The number of nitrogens with zero attached hydrogens (tertiary/aromatic N) is 1. The number of esters is 2. The molecule has 1 aromatic heterocycles. The maximum Gasteiger partial charge on any atom is 0.338 e. The Morgan fingerprint density at radius 1 is 1.09 bits per heavy atom. The minimum atomic E-state index is -0.893. The lowest BCUT2D eigenvalue weighted by Crippen LogP contribution is -2.41. The van der Waals surface area contributed by atoms with Gasteiger partial charge >= 0.3 is 11.9 Å². The van der Waals surface area contributed by atoms with Crippen molar-refractivity contribution >= 4 is 72.6 Å². The van der Waals surface area contributed by atoms with Crippen molar-refractivity contribution in [3.63, 3.8) is 0 Å². The van der Waals surface area contributed by atoms with E-state index in [1.54, 1.807) is 31.2 Å². The van der Waals surface area contributed by atoms with Gasteiger partial charge in [-0.3, -0.25) is 9.36 Å². The molecule has 7 nitrogen and oxygen atoms in total. The second-order valence-electron chi connectivity index (χ2n) is 7.52. The summed E-state index contributed by atoms with van der Waals surface area (Å²) in [5.41, 5.74) is 7.58. The van der Waals surface area contributed by atoms with Gasteiger partial charge in [-0.25, -0.2) is 9.59 Å². The molecule has 0 bridgehead atoms. The number of nitrogens with two attached hydrogens (primary N) is 1. The molecule has 3 aromatic rings. The zero-order chi connectivity index (χ0) is 25.3. The lowest BCUT2D eigenvalue weighted by Gasteiger charge is -2.26. The molecule has 4 rings (SSSR count). The highest BCUT2D eigenvalue weighted by atomic mass is 79.9. The molecule has 2 heterocycles. The topological polar surface area (TPSA) is 101 Å². The van der Waals surface area contributed by atoms with Crippen LogP contribution in [-0.2, 0) is 19.1 Å². The van der Waals surface area contributed by atoms with Crippen molar-refractivity contribution in [1.29, 1.82) is 0 Å². The first-order valence-corrected chi connectivity index (χ1v) is 12.9. The molecule has 0 saturated carbocycles. The molecule has 0 amide bonds. The number of hydrogen-bond donors (Lipinski definition) is 1. The molecule has 1 aliphatic rings. The summed E-state index contributed by atoms with van der Waals surface area (Å²) >= 11 is 7.99. The number of benzene rings is 2. The Labute approximate surface area is 221 Å². The summed E-state index contributed by atoms with van der Waals surface area (Å²) in [5.74, 6) is -2.35. The Balaban J connectivity index is 2.13. The molecule has 180 valence electrons. The predicted molar refractivity (Wildman–Crippen MR) is 142 cm³/mol. The molecule has 35 heavy (non-hydrogen) atoms. The predicted octanol–water partition coefficient (Wildman–Crippen LogP) is 3.08. The number of rotatable bonds is 5. The van der Waals surface area contributed by atoms with Crippen LogP contribution in [0.15, 0.2) is 67.8 Å². The summed E-state index contributed by atoms with van der Waals surface area (Å²) in [6.45, 7) is 1.77. The molecule has 0 unspecified atom stereocenters. The van der Waals surface area contributed by atoms with E-state index in [-0.39, 0.29) is 23.6 Å². The Bertz CT molecular complexity index is 1550. The van der Waals surface area contributed by atoms with E-state index in [0.29, 0.717) is 14.8 Å². The van der Waals surface area contributed by atoms with E-state index in [9.17, 15) is 14.4 Å². The molecule has 0 spiro atoms. The molecule has 0 aliphatic carbocycles. The molecular formula is C25H20Br2N2O5S. The Kier molecular flexibility index (Phi) is 7.44. The minimum Gasteiger partial charge on any atom is -0.466 e. The van der Waals surface area contributed by atoms with Crippen LogP contribution in [0.5, 0.6) is 0 Å². The van der Waals surface area contributed by atoms with Gasteiger partial charge in [0, 0.05) is 8.95 Å². The van der Waals surface area contributed by atoms with Crippen LogP contribution in [0.2, 0.25) is 0 Å². The van der Waals surface area contributed by atoms with Crippen molar-refractivity contribution in [1.82, 2.24) is 4.57 Å². The SMILES string of the molecule is CCOC(=O)C1=C(N)n2c(sc(=Cc3cccc(Br)c3)c2=O)=C(C(=O)OC)[C@@H]1c1cccc(Br)c1. The van der Waals surface area contributed by atoms with Crippen LogP contribution in [0.1, 0.15) is 24.0 Å². The Hall–Kier alpha value is -2.95. The molecule has 0 fully saturated rings. The number of ether oxygens (including phenoxy) is 2. The molecular weight excluding hydrogens is 600 g/mol. The van der Waals surface area contributed by atoms with E-state index in [1.807, 2.05) is 30.3 Å². The third kappa shape index (κ3) is 4.78. The van der Waals surface area contributed by atoms with Crippen LogP contribution >= 0.6 is 43.2 Å². The number of halogens is 2. The third-order valence-corrected chi connectivity index (χ3v) is 7.47. The third-order valence-electron chi connectivity index (χ3n) is 5.38. The minimum absolute atomic E-state index is 0.00626. The molecule has 2 aromatic carbocycles. The summed E-state index contributed by atoms with van der Waals surface area (Å²) in [7, 11) is 1.25. The van der Waals surface area contributed by atoms with Gasteiger partial charge in [-0.1, -0.05) is 56.1 Å². The van der Waals surface area contributed by atoms with Crippen molar-refractivity contribution < 1.29 is 19.1 Å². The first kappa shape index (κ1) is 25.2. The van der Waals surface area contributed by atoms with Crippen molar-refractivity contribution in [3.05, 3.63) is 93.7 Å². The monoisotopic (exact) mass is 618 g/mol. The van der Waals surface area contributed by atoms with Crippen molar-refractivity contribution in [3.8, 4) is 0 Å². The van der Waals surface area contributed by atoms with Crippen LogP contribution in [0.4, 0.5) is 0 Å². The second kappa shape index (κ2) is 10.3. The fraction of sp³-hybridized carbons (Fsp3) is 0.160. The Morgan fingerprint density at radius 3 is 2.40 bits per heavy atom. The van der Waals surface area contributed by atoms with Crippen molar-refractivity contribution in [2.24, 2.45) is 5.73 Å². The molecule has 1 atom stereocenters. The number of methoxy groups -OCH3 is 1. The number of fused-ring (bicyclic) bond motifs is 1.